The summed E-state index contributed by atoms with van der Waals surface area (Å²) in [5.74, 6) is -2.00. The Morgan fingerprint density at radius 1 is 1.50 bits per heavy atom. The van der Waals surface area contributed by atoms with Gasteiger partial charge in [0, 0.05) is 19.1 Å². The van der Waals surface area contributed by atoms with Crippen molar-refractivity contribution in [3.05, 3.63) is 0 Å². The summed E-state index contributed by atoms with van der Waals surface area (Å²) >= 11 is 0. The minimum atomic E-state index is -1.41. The van der Waals surface area contributed by atoms with Gasteiger partial charge in [-0.25, -0.2) is 4.79 Å². The first-order valence-corrected chi connectivity index (χ1v) is 4.80. The minimum absolute atomic E-state index is 0.0291. The molecule has 0 aromatic heterocycles. The van der Waals surface area contributed by atoms with E-state index in [-0.39, 0.29) is 6.04 Å². The number of hydrogen-bond donors (Lipinski definition) is 2. The van der Waals surface area contributed by atoms with Crippen molar-refractivity contribution >= 4 is 11.9 Å². The molecule has 0 aliphatic carbocycles. The van der Waals surface area contributed by atoms with E-state index in [0.29, 0.717) is 5.92 Å². The Labute approximate surface area is 83.1 Å². The van der Waals surface area contributed by atoms with E-state index in [1.54, 1.807) is 0 Å². The molecule has 1 fully saturated rings. The number of carboxylic acid groups (broad SMARTS) is 1. The Hall–Kier alpha value is -1.10. The summed E-state index contributed by atoms with van der Waals surface area (Å²) in [6, 6.07) is -0.0291. The van der Waals surface area contributed by atoms with Gasteiger partial charge in [-0.15, -0.1) is 0 Å². The van der Waals surface area contributed by atoms with Crippen LogP contribution in [0.15, 0.2) is 0 Å². The predicted octanol–water partition coefficient (Wildman–Crippen LogP) is -0.473. The maximum atomic E-state index is 10.9. The van der Waals surface area contributed by atoms with Crippen molar-refractivity contribution < 1.29 is 14.7 Å². The molecule has 5 heteroatoms. The standard InChI is InChI=1S/C9H16N2O3/c1-3-11-4-6(2)7(5-11)10-8(12)9(13)14/h6-7H,3-5H2,1-2H3,(H,10,12)(H,13,14). The lowest BCUT2D eigenvalue weighted by molar-refractivity contribution is -0.150. The zero-order chi connectivity index (χ0) is 10.7. The molecular formula is C9H16N2O3. The van der Waals surface area contributed by atoms with Crippen LogP contribution in [0.25, 0.3) is 0 Å². The Balaban J connectivity index is 2.46. The highest BCUT2D eigenvalue weighted by Gasteiger charge is 2.30. The molecule has 1 amide bonds. The van der Waals surface area contributed by atoms with Crippen molar-refractivity contribution in [1.29, 1.82) is 0 Å². The number of carbonyl (C=O) groups excluding carboxylic acids is 1. The number of aliphatic carboxylic acids is 1. The van der Waals surface area contributed by atoms with Crippen LogP contribution >= 0.6 is 0 Å². The smallest absolute Gasteiger partial charge is 0.394 e. The highest BCUT2D eigenvalue weighted by atomic mass is 16.4. The van der Waals surface area contributed by atoms with E-state index < -0.39 is 11.9 Å². The second-order valence-corrected chi connectivity index (χ2v) is 3.71. The molecule has 2 unspecified atom stereocenters. The average molecular weight is 200 g/mol. The molecule has 5 nitrogen and oxygen atoms in total. The van der Waals surface area contributed by atoms with Gasteiger partial charge in [-0.05, 0) is 12.5 Å². The molecule has 0 spiro atoms. The van der Waals surface area contributed by atoms with Gasteiger partial charge < -0.3 is 15.3 Å². The van der Waals surface area contributed by atoms with E-state index in [0.717, 1.165) is 19.6 Å². The number of hydrogen-bond acceptors (Lipinski definition) is 3. The Morgan fingerprint density at radius 2 is 2.14 bits per heavy atom. The van der Waals surface area contributed by atoms with Crippen molar-refractivity contribution in [2.45, 2.75) is 19.9 Å². The molecule has 1 saturated heterocycles. The normalized spacial score (nSPS) is 27.6. The van der Waals surface area contributed by atoms with Gasteiger partial charge in [-0.1, -0.05) is 13.8 Å². The zero-order valence-corrected chi connectivity index (χ0v) is 8.49. The molecule has 1 heterocycles. The minimum Gasteiger partial charge on any atom is -0.474 e. The van der Waals surface area contributed by atoms with Crippen LogP contribution < -0.4 is 5.32 Å². The third-order valence-electron chi connectivity index (χ3n) is 2.65. The molecule has 0 radical (unpaired) electrons. The number of nitrogens with one attached hydrogen (secondary N) is 1. The maximum absolute atomic E-state index is 10.9. The Bertz CT molecular complexity index is 242. The van der Waals surface area contributed by atoms with E-state index in [4.69, 9.17) is 5.11 Å². The van der Waals surface area contributed by atoms with Crippen molar-refractivity contribution in [2.24, 2.45) is 5.92 Å². The average Bonchev–Trinajstić information content (AvgIpc) is 2.47. The largest absolute Gasteiger partial charge is 0.474 e. The van der Waals surface area contributed by atoms with Crippen LogP contribution in [0.3, 0.4) is 0 Å². The lowest BCUT2D eigenvalue weighted by atomic mass is 10.1. The van der Waals surface area contributed by atoms with Crippen LogP contribution in [-0.2, 0) is 9.59 Å². The number of amides is 1. The number of carbonyl (C=O) groups is 2. The van der Waals surface area contributed by atoms with E-state index in [2.05, 4.69) is 10.2 Å². The van der Waals surface area contributed by atoms with Gasteiger partial charge in [0.2, 0.25) is 0 Å². The molecule has 14 heavy (non-hydrogen) atoms. The number of carboxylic acids is 1. The summed E-state index contributed by atoms with van der Waals surface area (Å²) in [6.07, 6.45) is 0. The molecule has 0 saturated carbocycles. The second kappa shape index (κ2) is 4.41. The zero-order valence-electron chi connectivity index (χ0n) is 8.49. The molecule has 80 valence electrons. The Kier molecular flexibility index (Phi) is 3.46. The molecule has 0 aromatic rings. The summed E-state index contributed by atoms with van der Waals surface area (Å²) in [6.45, 7) is 6.66. The first kappa shape index (κ1) is 11.0. The summed E-state index contributed by atoms with van der Waals surface area (Å²) in [4.78, 5) is 23.4. The summed E-state index contributed by atoms with van der Waals surface area (Å²) < 4.78 is 0. The van der Waals surface area contributed by atoms with E-state index in [1.807, 2.05) is 13.8 Å². The quantitative estimate of drug-likeness (QED) is 0.591. The summed E-state index contributed by atoms with van der Waals surface area (Å²) in [5.41, 5.74) is 0. The number of rotatable bonds is 2. The van der Waals surface area contributed by atoms with Crippen LogP contribution in [-0.4, -0.2) is 47.6 Å². The summed E-state index contributed by atoms with van der Waals surface area (Å²) in [7, 11) is 0. The van der Waals surface area contributed by atoms with Crippen LogP contribution in [0.5, 0.6) is 0 Å². The lowest BCUT2D eigenvalue weighted by Crippen LogP contribution is -2.43. The van der Waals surface area contributed by atoms with Gasteiger partial charge in [0.25, 0.3) is 0 Å². The monoisotopic (exact) mass is 200 g/mol. The van der Waals surface area contributed by atoms with Gasteiger partial charge >= 0.3 is 11.9 Å². The number of likely N-dealkylation sites (tertiary alicyclic amines) is 1. The Morgan fingerprint density at radius 3 is 2.57 bits per heavy atom. The summed E-state index contributed by atoms with van der Waals surface area (Å²) in [5, 5.41) is 10.9. The van der Waals surface area contributed by atoms with Gasteiger partial charge in [-0.2, -0.15) is 0 Å². The SMILES string of the molecule is CCN1CC(C)C(NC(=O)C(=O)O)C1. The molecule has 0 bridgehead atoms. The molecule has 1 rings (SSSR count). The van der Waals surface area contributed by atoms with Crippen LogP contribution in [0.4, 0.5) is 0 Å². The van der Waals surface area contributed by atoms with E-state index in [9.17, 15) is 9.59 Å². The topological polar surface area (TPSA) is 69.6 Å². The highest BCUT2D eigenvalue weighted by Crippen LogP contribution is 2.15. The fourth-order valence-corrected chi connectivity index (χ4v) is 1.74. The van der Waals surface area contributed by atoms with Gasteiger partial charge in [0.1, 0.15) is 0 Å². The molecule has 2 N–H and O–H groups in total. The molecule has 0 aromatic carbocycles. The molecule has 1 aliphatic heterocycles. The maximum Gasteiger partial charge on any atom is 0.394 e. The fraction of sp³-hybridized carbons (Fsp3) is 0.778. The van der Waals surface area contributed by atoms with E-state index in [1.165, 1.54) is 0 Å². The lowest BCUT2D eigenvalue weighted by Gasteiger charge is -2.14. The van der Waals surface area contributed by atoms with Crippen LogP contribution in [0.2, 0.25) is 0 Å². The van der Waals surface area contributed by atoms with Crippen LogP contribution in [0.1, 0.15) is 13.8 Å². The molecule has 1 aliphatic rings. The molecule has 2 atom stereocenters. The van der Waals surface area contributed by atoms with Crippen molar-refractivity contribution in [2.75, 3.05) is 19.6 Å². The van der Waals surface area contributed by atoms with Crippen LogP contribution in [0, 0.1) is 5.92 Å². The number of nitrogens with zero attached hydrogens (tertiary/aromatic N) is 1. The number of likely N-dealkylation sites (N-methyl/N-ethyl adjacent to an activating group) is 1. The first-order chi connectivity index (χ1) is 6.54. The highest BCUT2D eigenvalue weighted by molar-refractivity contribution is 6.31. The predicted molar refractivity (Wildman–Crippen MR) is 50.8 cm³/mol. The third kappa shape index (κ3) is 2.45. The fourth-order valence-electron chi connectivity index (χ4n) is 1.74. The van der Waals surface area contributed by atoms with Crippen molar-refractivity contribution in [3.63, 3.8) is 0 Å². The first-order valence-electron chi connectivity index (χ1n) is 4.80. The van der Waals surface area contributed by atoms with Crippen molar-refractivity contribution in [1.82, 2.24) is 10.2 Å². The third-order valence-corrected chi connectivity index (χ3v) is 2.65. The second-order valence-electron chi connectivity index (χ2n) is 3.71. The van der Waals surface area contributed by atoms with Gasteiger partial charge in [0.15, 0.2) is 0 Å². The van der Waals surface area contributed by atoms with Crippen molar-refractivity contribution in [3.8, 4) is 0 Å². The van der Waals surface area contributed by atoms with E-state index >= 15 is 0 Å². The molecular weight excluding hydrogens is 184 g/mol. The van der Waals surface area contributed by atoms with Gasteiger partial charge in [-0.3, -0.25) is 4.79 Å². The van der Waals surface area contributed by atoms with Gasteiger partial charge in [0.05, 0.1) is 0 Å².